The van der Waals surface area contributed by atoms with E-state index in [1.54, 1.807) is 0 Å². The minimum absolute atomic E-state index is 0.378. The van der Waals surface area contributed by atoms with Crippen molar-refractivity contribution in [2.24, 2.45) is 0 Å². The van der Waals surface area contributed by atoms with Crippen LogP contribution in [0.1, 0.15) is 31.1 Å². The second-order valence-electron chi connectivity index (χ2n) is 5.22. The topological polar surface area (TPSA) is 29.9 Å². The maximum atomic E-state index is 6.32. The summed E-state index contributed by atoms with van der Waals surface area (Å²) >= 11 is 6.32. The number of fused-ring (bicyclic) bond motifs is 1. The SMILES string of the molecule is CC(C)n1nc(-c2ccccc2Cl)c2c1CCNC2. The fraction of sp³-hybridized carbons (Fsp3) is 0.400. The average molecular weight is 276 g/mol. The van der Waals surface area contributed by atoms with Crippen molar-refractivity contribution >= 4 is 11.6 Å². The highest BCUT2D eigenvalue weighted by atomic mass is 35.5. The Hall–Kier alpha value is -1.32. The van der Waals surface area contributed by atoms with Gasteiger partial charge in [0.2, 0.25) is 0 Å². The Morgan fingerprint density at radius 1 is 1.32 bits per heavy atom. The lowest BCUT2D eigenvalue weighted by Gasteiger charge is -2.17. The van der Waals surface area contributed by atoms with Crippen molar-refractivity contribution < 1.29 is 0 Å². The zero-order valence-corrected chi connectivity index (χ0v) is 12.0. The van der Waals surface area contributed by atoms with E-state index in [0.29, 0.717) is 6.04 Å². The molecular weight excluding hydrogens is 258 g/mol. The van der Waals surface area contributed by atoms with Crippen molar-refractivity contribution in [3.63, 3.8) is 0 Å². The van der Waals surface area contributed by atoms with Crippen LogP contribution in [0, 0.1) is 0 Å². The van der Waals surface area contributed by atoms with E-state index in [4.69, 9.17) is 16.7 Å². The molecule has 0 radical (unpaired) electrons. The van der Waals surface area contributed by atoms with Gasteiger partial charge in [-0.2, -0.15) is 5.10 Å². The lowest BCUT2D eigenvalue weighted by molar-refractivity contribution is 0.494. The summed E-state index contributed by atoms with van der Waals surface area (Å²) in [5, 5.41) is 9.01. The fourth-order valence-corrected chi connectivity index (χ4v) is 2.90. The van der Waals surface area contributed by atoms with Crippen LogP contribution < -0.4 is 5.32 Å². The average Bonchev–Trinajstić information content (AvgIpc) is 2.79. The van der Waals surface area contributed by atoms with E-state index in [9.17, 15) is 0 Å². The molecule has 1 N–H and O–H groups in total. The smallest absolute Gasteiger partial charge is 0.0986 e. The van der Waals surface area contributed by atoms with Gasteiger partial charge < -0.3 is 5.32 Å². The first kappa shape index (κ1) is 12.7. The molecule has 1 aromatic heterocycles. The number of aromatic nitrogens is 2. The molecule has 0 saturated heterocycles. The highest BCUT2D eigenvalue weighted by molar-refractivity contribution is 6.33. The molecule has 0 fully saturated rings. The van der Waals surface area contributed by atoms with E-state index in [2.05, 4.69) is 23.8 Å². The molecule has 0 saturated carbocycles. The van der Waals surface area contributed by atoms with Crippen LogP contribution in [0.4, 0.5) is 0 Å². The first-order valence-corrected chi connectivity index (χ1v) is 7.12. The third-order valence-corrected chi connectivity index (χ3v) is 3.91. The molecule has 0 amide bonds. The van der Waals surface area contributed by atoms with Gasteiger partial charge in [-0.05, 0) is 19.9 Å². The summed E-state index contributed by atoms with van der Waals surface area (Å²) in [7, 11) is 0. The third kappa shape index (κ3) is 2.17. The van der Waals surface area contributed by atoms with Gasteiger partial charge in [-0.3, -0.25) is 4.68 Å². The summed E-state index contributed by atoms with van der Waals surface area (Å²) < 4.78 is 2.15. The first-order valence-electron chi connectivity index (χ1n) is 6.74. The highest BCUT2D eigenvalue weighted by Crippen LogP contribution is 2.33. The fourth-order valence-electron chi connectivity index (χ4n) is 2.67. The Morgan fingerprint density at radius 3 is 2.84 bits per heavy atom. The molecular formula is C15H18ClN3. The summed E-state index contributed by atoms with van der Waals surface area (Å²) in [6.07, 6.45) is 1.03. The third-order valence-electron chi connectivity index (χ3n) is 3.58. The molecule has 2 heterocycles. The van der Waals surface area contributed by atoms with Crippen molar-refractivity contribution in [1.82, 2.24) is 15.1 Å². The molecule has 1 aliphatic heterocycles. The van der Waals surface area contributed by atoms with E-state index >= 15 is 0 Å². The van der Waals surface area contributed by atoms with Crippen LogP contribution >= 0.6 is 11.6 Å². The quantitative estimate of drug-likeness (QED) is 0.910. The van der Waals surface area contributed by atoms with Crippen LogP contribution in [-0.4, -0.2) is 16.3 Å². The van der Waals surface area contributed by atoms with Gasteiger partial charge in [-0.1, -0.05) is 29.8 Å². The van der Waals surface area contributed by atoms with Gasteiger partial charge in [0.05, 0.1) is 10.7 Å². The van der Waals surface area contributed by atoms with E-state index in [-0.39, 0.29) is 0 Å². The van der Waals surface area contributed by atoms with Gasteiger partial charge in [-0.15, -0.1) is 0 Å². The Balaban J connectivity index is 2.19. The standard InChI is InChI=1S/C15H18ClN3/c1-10(2)19-14-7-8-17-9-12(14)15(18-19)11-5-3-4-6-13(11)16/h3-6,10,17H,7-9H2,1-2H3. The summed E-state index contributed by atoms with van der Waals surface area (Å²) in [6, 6.07) is 8.31. The van der Waals surface area contributed by atoms with Gasteiger partial charge >= 0.3 is 0 Å². The van der Waals surface area contributed by atoms with Crippen LogP contribution in [0.2, 0.25) is 5.02 Å². The van der Waals surface area contributed by atoms with Crippen LogP contribution in [0.15, 0.2) is 24.3 Å². The number of nitrogens with zero attached hydrogens (tertiary/aromatic N) is 2. The number of benzene rings is 1. The largest absolute Gasteiger partial charge is 0.312 e. The molecule has 0 spiro atoms. The van der Waals surface area contributed by atoms with E-state index in [1.807, 2.05) is 24.3 Å². The lowest BCUT2D eigenvalue weighted by Crippen LogP contribution is -2.25. The van der Waals surface area contributed by atoms with Crippen LogP contribution in [-0.2, 0) is 13.0 Å². The predicted molar refractivity (Wildman–Crippen MR) is 78.5 cm³/mol. The molecule has 2 aromatic rings. The molecule has 100 valence electrons. The van der Waals surface area contributed by atoms with Crippen LogP contribution in [0.5, 0.6) is 0 Å². The van der Waals surface area contributed by atoms with Gasteiger partial charge in [0.15, 0.2) is 0 Å². The minimum atomic E-state index is 0.378. The van der Waals surface area contributed by atoms with Crippen molar-refractivity contribution in [3.05, 3.63) is 40.5 Å². The molecule has 1 aromatic carbocycles. The summed E-state index contributed by atoms with van der Waals surface area (Å²) in [6.45, 7) is 6.24. The molecule has 3 rings (SSSR count). The summed E-state index contributed by atoms with van der Waals surface area (Å²) in [5.41, 5.74) is 4.71. The Bertz CT molecular complexity index is 601. The highest BCUT2D eigenvalue weighted by Gasteiger charge is 2.23. The van der Waals surface area contributed by atoms with E-state index in [0.717, 1.165) is 35.8 Å². The zero-order valence-electron chi connectivity index (χ0n) is 11.3. The Kier molecular flexibility index (Phi) is 3.33. The monoisotopic (exact) mass is 275 g/mol. The zero-order chi connectivity index (χ0) is 13.4. The lowest BCUT2D eigenvalue weighted by atomic mass is 10.0. The van der Waals surface area contributed by atoms with Gasteiger partial charge in [0, 0.05) is 42.4 Å². The molecule has 4 heteroatoms. The van der Waals surface area contributed by atoms with Crippen molar-refractivity contribution in [3.8, 4) is 11.3 Å². The molecule has 3 nitrogen and oxygen atoms in total. The van der Waals surface area contributed by atoms with Gasteiger partial charge in [0.1, 0.15) is 0 Å². The van der Waals surface area contributed by atoms with E-state index < -0.39 is 0 Å². The summed E-state index contributed by atoms with van der Waals surface area (Å²) in [5.74, 6) is 0. The predicted octanol–water partition coefficient (Wildman–Crippen LogP) is 3.43. The van der Waals surface area contributed by atoms with Crippen molar-refractivity contribution in [2.75, 3.05) is 6.54 Å². The number of hydrogen-bond acceptors (Lipinski definition) is 2. The maximum Gasteiger partial charge on any atom is 0.0986 e. The van der Waals surface area contributed by atoms with Crippen LogP contribution in [0.25, 0.3) is 11.3 Å². The normalized spacial score (nSPS) is 14.7. The van der Waals surface area contributed by atoms with Crippen molar-refractivity contribution in [1.29, 1.82) is 0 Å². The number of rotatable bonds is 2. The first-order chi connectivity index (χ1) is 9.18. The molecule has 0 aliphatic carbocycles. The van der Waals surface area contributed by atoms with Crippen molar-refractivity contribution in [2.45, 2.75) is 32.9 Å². The minimum Gasteiger partial charge on any atom is -0.312 e. The number of nitrogens with one attached hydrogen (secondary N) is 1. The molecule has 19 heavy (non-hydrogen) atoms. The molecule has 0 unspecified atom stereocenters. The molecule has 0 atom stereocenters. The second-order valence-corrected chi connectivity index (χ2v) is 5.63. The van der Waals surface area contributed by atoms with Gasteiger partial charge in [0.25, 0.3) is 0 Å². The number of hydrogen-bond donors (Lipinski definition) is 1. The van der Waals surface area contributed by atoms with Gasteiger partial charge in [-0.25, -0.2) is 0 Å². The Labute approximate surface area is 118 Å². The van der Waals surface area contributed by atoms with Crippen LogP contribution in [0.3, 0.4) is 0 Å². The second kappa shape index (κ2) is 4.99. The maximum absolute atomic E-state index is 6.32. The Morgan fingerprint density at radius 2 is 2.11 bits per heavy atom. The number of halogens is 1. The molecule has 0 bridgehead atoms. The van der Waals surface area contributed by atoms with E-state index in [1.165, 1.54) is 11.3 Å². The summed E-state index contributed by atoms with van der Waals surface area (Å²) in [4.78, 5) is 0. The molecule has 1 aliphatic rings.